The highest BCUT2D eigenvalue weighted by atomic mass is 19.1. The predicted molar refractivity (Wildman–Crippen MR) is 50.7 cm³/mol. The fourth-order valence-electron chi connectivity index (χ4n) is 1.04. The van der Waals surface area contributed by atoms with Crippen LogP contribution >= 0.6 is 0 Å². The highest BCUT2D eigenvalue weighted by Gasteiger charge is 2.22. The van der Waals surface area contributed by atoms with Gasteiger partial charge in [0.2, 0.25) is 11.7 Å². The summed E-state index contributed by atoms with van der Waals surface area (Å²) < 4.78 is 12.6. The molecule has 78 valence electrons. The molecule has 0 radical (unpaired) electrons. The molecule has 5 heteroatoms. The summed E-state index contributed by atoms with van der Waals surface area (Å²) in [6.07, 6.45) is 0. The summed E-state index contributed by atoms with van der Waals surface area (Å²) in [6.45, 7) is 0. The molecule has 3 N–H and O–H groups in total. The lowest BCUT2D eigenvalue weighted by Crippen LogP contribution is -2.17. The zero-order valence-electron chi connectivity index (χ0n) is 7.61. The zero-order valence-corrected chi connectivity index (χ0v) is 7.61. The molecular weight excluding hydrogens is 201 g/mol. The number of hydrogen-bond donors (Lipinski definition) is 2. The van der Waals surface area contributed by atoms with Crippen molar-refractivity contribution in [2.45, 2.75) is 0 Å². The standard InChI is InChI=1S/C10H8FNO3/c11-9(12)7(10(14)15)8(13)6-4-2-1-3-5-6/h1-5H,12H2,(H,14,15). The Labute approximate surface area is 84.8 Å². The highest BCUT2D eigenvalue weighted by Crippen LogP contribution is 2.11. The van der Waals surface area contributed by atoms with Crippen LogP contribution in [0.2, 0.25) is 0 Å². The minimum absolute atomic E-state index is 0.0792. The van der Waals surface area contributed by atoms with Crippen LogP contribution in [0.15, 0.2) is 41.9 Å². The first-order valence-electron chi connectivity index (χ1n) is 4.02. The van der Waals surface area contributed by atoms with Crippen LogP contribution in [0.4, 0.5) is 4.39 Å². The summed E-state index contributed by atoms with van der Waals surface area (Å²) in [5.41, 5.74) is 3.73. The Morgan fingerprint density at radius 2 is 1.73 bits per heavy atom. The van der Waals surface area contributed by atoms with Crippen molar-refractivity contribution in [2.24, 2.45) is 5.73 Å². The molecule has 15 heavy (non-hydrogen) atoms. The normalized spacial score (nSPS) is 11.8. The van der Waals surface area contributed by atoms with Crippen molar-refractivity contribution in [1.29, 1.82) is 0 Å². The molecule has 0 fully saturated rings. The molecule has 1 aromatic rings. The van der Waals surface area contributed by atoms with E-state index in [1.807, 2.05) is 0 Å². The van der Waals surface area contributed by atoms with Crippen molar-refractivity contribution in [3.05, 3.63) is 47.4 Å². The molecule has 0 aromatic heterocycles. The Morgan fingerprint density at radius 1 is 1.20 bits per heavy atom. The first-order chi connectivity index (χ1) is 7.04. The van der Waals surface area contributed by atoms with Gasteiger partial charge in [-0.05, 0) is 0 Å². The minimum atomic E-state index is -1.68. The smallest absolute Gasteiger partial charge is 0.344 e. The summed E-state index contributed by atoms with van der Waals surface area (Å²) in [7, 11) is 0. The van der Waals surface area contributed by atoms with E-state index in [-0.39, 0.29) is 5.56 Å². The number of Topliss-reactive ketones (excluding diaryl/α,β-unsaturated/α-hetero) is 1. The molecule has 1 aromatic carbocycles. The molecule has 0 unspecified atom stereocenters. The Kier molecular flexibility index (Phi) is 3.17. The number of carbonyl (C=O) groups excluding carboxylic acids is 1. The predicted octanol–water partition coefficient (Wildman–Crippen LogP) is 1.09. The highest BCUT2D eigenvalue weighted by molar-refractivity contribution is 6.23. The quantitative estimate of drug-likeness (QED) is 0.257. The number of nitrogens with two attached hydrogens (primary N) is 1. The molecule has 4 nitrogen and oxygen atoms in total. The monoisotopic (exact) mass is 209 g/mol. The van der Waals surface area contributed by atoms with Crippen LogP contribution in [-0.2, 0) is 4.79 Å². The zero-order chi connectivity index (χ0) is 11.4. The van der Waals surface area contributed by atoms with Gasteiger partial charge in [0.05, 0.1) is 0 Å². The summed E-state index contributed by atoms with van der Waals surface area (Å²) in [6, 6.07) is 7.50. The third-order valence-electron chi connectivity index (χ3n) is 1.72. The molecule has 0 bridgehead atoms. The topological polar surface area (TPSA) is 80.4 Å². The molecule has 0 aliphatic carbocycles. The van der Waals surface area contributed by atoms with Crippen LogP contribution in [0.5, 0.6) is 0 Å². The van der Waals surface area contributed by atoms with Gasteiger partial charge in [-0.15, -0.1) is 0 Å². The van der Waals surface area contributed by atoms with Gasteiger partial charge in [0, 0.05) is 5.56 Å². The first kappa shape index (κ1) is 10.9. The van der Waals surface area contributed by atoms with Gasteiger partial charge in [0.1, 0.15) is 0 Å². The largest absolute Gasteiger partial charge is 0.477 e. The van der Waals surface area contributed by atoms with Crippen molar-refractivity contribution in [2.75, 3.05) is 0 Å². The lowest BCUT2D eigenvalue weighted by Gasteiger charge is -2.01. The molecule has 0 heterocycles. The van der Waals surface area contributed by atoms with Gasteiger partial charge in [-0.2, -0.15) is 4.39 Å². The van der Waals surface area contributed by atoms with Gasteiger partial charge in [0.25, 0.3) is 0 Å². The van der Waals surface area contributed by atoms with E-state index in [2.05, 4.69) is 5.73 Å². The van der Waals surface area contributed by atoms with E-state index in [4.69, 9.17) is 5.11 Å². The van der Waals surface area contributed by atoms with Crippen molar-refractivity contribution in [1.82, 2.24) is 0 Å². The second kappa shape index (κ2) is 4.36. The van der Waals surface area contributed by atoms with Crippen LogP contribution in [0, 0.1) is 0 Å². The maximum Gasteiger partial charge on any atom is 0.344 e. The van der Waals surface area contributed by atoms with Crippen molar-refractivity contribution in [3.8, 4) is 0 Å². The van der Waals surface area contributed by atoms with Crippen LogP contribution < -0.4 is 5.73 Å². The Bertz CT molecular complexity index is 422. The summed E-state index contributed by atoms with van der Waals surface area (Å²) >= 11 is 0. The molecule has 0 aliphatic heterocycles. The third kappa shape index (κ3) is 2.40. The number of carboxylic acid groups (broad SMARTS) is 1. The lowest BCUT2D eigenvalue weighted by atomic mass is 10.0. The molecule has 0 saturated carbocycles. The second-order valence-electron chi connectivity index (χ2n) is 2.72. The molecular formula is C10H8FNO3. The van der Waals surface area contributed by atoms with Crippen LogP contribution in [0.3, 0.4) is 0 Å². The van der Waals surface area contributed by atoms with Crippen LogP contribution in [0.25, 0.3) is 0 Å². The molecule has 1 rings (SSSR count). The maximum absolute atomic E-state index is 12.6. The molecule has 0 aliphatic rings. The number of hydrogen-bond acceptors (Lipinski definition) is 3. The van der Waals surface area contributed by atoms with E-state index in [1.54, 1.807) is 18.2 Å². The van der Waals surface area contributed by atoms with E-state index < -0.39 is 23.3 Å². The summed E-state index contributed by atoms with van der Waals surface area (Å²) in [4.78, 5) is 22.0. The van der Waals surface area contributed by atoms with Gasteiger partial charge >= 0.3 is 5.97 Å². The van der Waals surface area contributed by atoms with Crippen molar-refractivity contribution >= 4 is 11.8 Å². The maximum atomic E-state index is 12.6. The van der Waals surface area contributed by atoms with Crippen LogP contribution in [0.1, 0.15) is 10.4 Å². The number of rotatable bonds is 3. The minimum Gasteiger partial charge on any atom is -0.477 e. The average molecular weight is 209 g/mol. The van der Waals surface area contributed by atoms with Gasteiger partial charge < -0.3 is 10.8 Å². The van der Waals surface area contributed by atoms with Gasteiger partial charge in [-0.1, -0.05) is 30.3 Å². The second-order valence-corrected chi connectivity index (χ2v) is 2.72. The van der Waals surface area contributed by atoms with E-state index in [0.29, 0.717) is 0 Å². The number of carbonyl (C=O) groups is 2. The number of aliphatic carboxylic acids is 1. The number of benzene rings is 1. The van der Waals surface area contributed by atoms with Crippen molar-refractivity contribution in [3.63, 3.8) is 0 Å². The van der Waals surface area contributed by atoms with Gasteiger partial charge in [0.15, 0.2) is 5.57 Å². The lowest BCUT2D eigenvalue weighted by molar-refractivity contribution is -0.132. The fourth-order valence-corrected chi connectivity index (χ4v) is 1.04. The summed E-state index contributed by atoms with van der Waals surface area (Å²) in [5, 5.41) is 8.58. The van der Waals surface area contributed by atoms with E-state index in [0.717, 1.165) is 0 Å². The number of ketones is 1. The van der Waals surface area contributed by atoms with E-state index >= 15 is 0 Å². The van der Waals surface area contributed by atoms with Crippen LogP contribution in [-0.4, -0.2) is 16.9 Å². The Balaban J connectivity index is 3.15. The molecule has 0 atom stereocenters. The average Bonchev–Trinajstić information content (AvgIpc) is 2.18. The fraction of sp³-hybridized carbons (Fsp3) is 0. The Morgan fingerprint density at radius 3 is 2.13 bits per heavy atom. The van der Waals surface area contributed by atoms with Gasteiger partial charge in [-0.25, -0.2) is 4.79 Å². The Hall–Kier alpha value is -2.17. The van der Waals surface area contributed by atoms with Crippen molar-refractivity contribution < 1.29 is 19.1 Å². The number of halogens is 1. The first-order valence-corrected chi connectivity index (χ1v) is 4.02. The van der Waals surface area contributed by atoms with Gasteiger partial charge in [-0.3, -0.25) is 4.79 Å². The van der Waals surface area contributed by atoms with E-state index in [1.165, 1.54) is 12.1 Å². The SMILES string of the molecule is NC(F)=C(C(=O)O)C(=O)c1ccccc1. The van der Waals surface area contributed by atoms with E-state index in [9.17, 15) is 14.0 Å². The third-order valence-corrected chi connectivity index (χ3v) is 1.72. The summed E-state index contributed by atoms with van der Waals surface area (Å²) in [5.74, 6) is -4.11. The molecule has 0 spiro atoms. The molecule has 0 amide bonds. The molecule has 0 saturated heterocycles. The number of carboxylic acids is 1.